The van der Waals surface area contributed by atoms with Crippen molar-refractivity contribution in [3.05, 3.63) is 17.7 Å². The highest BCUT2D eigenvalue weighted by atomic mass is 16.5. The van der Waals surface area contributed by atoms with E-state index in [2.05, 4.69) is 53.8 Å². The van der Waals surface area contributed by atoms with E-state index in [9.17, 15) is 0 Å². The van der Waals surface area contributed by atoms with Crippen molar-refractivity contribution in [3.63, 3.8) is 0 Å². The Kier molecular flexibility index (Phi) is 27.5. The molecule has 1 aromatic carbocycles. The summed E-state index contributed by atoms with van der Waals surface area (Å²) in [4.78, 5) is 0. The van der Waals surface area contributed by atoms with Crippen molar-refractivity contribution in [1.29, 1.82) is 0 Å². The molecule has 0 atom stereocenters. The van der Waals surface area contributed by atoms with Crippen LogP contribution in [0.4, 0.5) is 0 Å². The fraction of sp³-hybridized carbons (Fsp3) is 0.857. The van der Waals surface area contributed by atoms with Crippen LogP contribution in [-0.2, 0) is 6.54 Å². The second kappa shape index (κ2) is 29.7. The molecule has 0 saturated carbocycles. The molecule has 0 spiro atoms. The van der Waals surface area contributed by atoms with Gasteiger partial charge < -0.3 is 18.7 Å². The predicted octanol–water partition coefficient (Wildman–Crippen LogP) is 13.2. The summed E-state index contributed by atoms with van der Waals surface area (Å²) < 4.78 is 20.7. The van der Waals surface area contributed by atoms with E-state index < -0.39 is 0 Å². The fourth-order valence-corrected chi connectivity index (χ4v) is 6.21. The first-order valence-corrected chi connectivity index (χ1v) is 20.4. The van der Waals surface area contributed by atoms with E-state index in [1.165, 1.54) is 140 Å². The monoisotopic (exact) mass is 647 g/mol. The molecule has 0 heterocycles. The van der Waals surface area contributed by atoms with Crippen LogP contribution in [0.15, 0.2) is 12.1 Å². The van der Waals surface area contributed by atoms with Crippen molar-refractivity contribution in [3.8, 4) is 17.2 Å². The first kappa shape index (κ1) is 42.6. The Bertz CT molecular complexity index is 763. The van der Waals surface area contributed by atoms with Crippen LogP contribution >= 0.6 is 0 Å². The number of hydrogen-bond acceptors (Lipinski definition) is 3. The summed E-state index contributed by atoms with van der Waals surface area (Å²) in [6.45, 7) is 16.9. The Balaban J connectivity index is 2.91. The molecule has 1 rings (SSSR count). The third-order valence-corrected chi connectivity index (χ3v) is 9.93. The lowest BCUT2D eigenvalue weighted by Gasteiger charge is -2.32. The van der Waals surface area contributed by atoms with Crippen LogP contribution in [0.2, 0.25) is 0 Å². The first-order valence-electron chi connectivity index (χ1n) is 20.4. The molecule has 4 heteroatoms. The third kappa shape index (κ3) is 21.5. The topological polar surface area (TPSA) is 27.7 Å². The number of quaternary nitrogens is 1. The minimum absolute atomic E-state index is 0.730. The van der Waals surface area contributed by atoms with Gasteiger partial charge in [0.1, 0.15) is 6.54 Å². The molecule has 1 aromatic rings. The molecule has 0 aliphatic rings. The fourth-order valence-electron chi connectivity index (χ4n) is 6.21. The van der Waals surface area contributed by atoms with E-state index in [1.807, 2.05) is 0 Å². The van der Waals surface area contributed by atoms with Gasteiger partial charge in [-0.15, -0.1) is 0 Å². The zero-order valence-corrected chi connectivity index (χ0v) is 32.0. The van der Waals surface area contributed by atoms with E-state index in [0.717, 1.165) is 80.4 Å². The zero-order valence-electron chi connectivity index (χ0n) is 32.0. The average molecular weight is 647 g/mol. The van der Waals surface area contributed by atoms with E-state index >= 15 is 0 Å². The summed E-state index contributed by atoms with van der Waals surface area (Å²) >= 11 is 0. The highest BCUT2D eigenvalue weighted by Crippen LogP contribution is 2.40. The lowest BCUT2D eigenvalue weighted by atomic mass is 10.1. The van der Waals surface area contributed by atoms with Gasteiger partial charge in [-0.1, -0.05) is 156 Å². The summed E-state index contributed by atoms with van der Waals surface area (Å²) in [6, 6.07) is 4.53. The lowest BCUT2D eigenvalue weighted by molar-refractivity contribution is -0.919. The zero-order chi connectivity index (χ0) is 33.6. The van der Waals surface area contributed by atoms with E-state index in [0.29, 0.717) is 0 Å². The Morgan fingerprint density at radius 3 is 1.04 bits per heavy atom. The third-order valence-electron chi connectivity index (χ3n) is 9.93. The molecule has 0 bridgehead atoms. The molecule has 4 nitrogen and oxygen atoms in total. The smallest absolute Gasteiger partial charge is 0.203 e. The molecule has 0 saturated heterocycles. The highest BCUT2D eigenvalue weighted by molar-refractivity contribution is 5.54. The SMILES string of the molecule is CCCCCCCCCCOc1cc(C[N+](C)(CC)CC)cc(OCCCCCCCCCC)c1OCCCCCCCCCC. The van der Waals surface area contributed by atoms with Gasteiger partial charge in [-0.2, -0.15) is 0 Å². The van der Waals surface area contributed by atoms with Crippen molar-refractivity contribution in [1.82, 2.24) is 0 Å². The Hall–Kier alpha value is -1.42. The molecule has 0 aliphatic heterocycles. The van der Waals surface area contributed by atoms with Gasteiger partial charge in [0, 0.05) is 5.56 Å². The van der Waals surface area contributed by atoms with Gasteiger partial charge in [-0.3, -0.25) is 0 Å². The Morgan fingerprint density at radius 1 is 0.413 bits per heavy atom. The normalized spacial score (nSPS) is 11.7. The van der Waals surface area contributed by atoms with Crippen LogP contribution in [0.25, 0.3) is 0 Å². The highest BCUT2D eigenvalue weighted by Gasteiger charge is 2.22. The molecular formula is C42H80NO3+. The molecule has 0 N–H and O–H groups in total. The standard InChI is InChI=1S/C42H80NO3/c1-7-12-15-18-21-24-27-30-33-44-40-36-39(38-43(6,10-4)11-5)37-41(45-34-31-28-25-22-19-16-13-8-2)42(40)46-35-32-29-26-23-20-17-14-9-3/h36-37H,7-35,38H2,1-6H3/q+1. The van der Waals surface area contributed by atoms with Crippen molar-refractivity contribution in [2.24, 2.45) is 0 Å². The number of nitrogens with zero attached hydrogens (tertiary/aromatic N) is 1. The molecule has 0 fully saturated rings. The minimum Gasteiger partial charge on any atom is -0.490 e. The van der Waals surface area contributed by atoms with Crippen LogP contribution in [-0.4, -0.2) is 44.4 Å². The van der Waals surface area contributed by atoms with Gasteiger partial charge in [0.15, 0.2) is 11.5 Å². The summed E-state index contributed by atoms with van der Waals surface area (Å²) in [5, 5.41) is 0. The molecule has 270 valence electrons. The van der Waals surface area contributed by atoms with Gasteiger partial charge in [0.05, 0.1) is 40.0 Å². The number of benzene rings is 1. The van der Waals surface area contributed by atoms with Gasteiger partial charge >= 0.3 is 0 Å². The summed E-state index contributed by atoms with van der Waals surface area (Å²) in [7, 11) is 2.36. The summed E-state index contributed by atoms with van der Waals surface area (Å²) in [5.74, 6) is 2.63. The largest absolute Gasteiger partial charge is 0.490 e. The predicted molar refractivity (Wildman–Crippen MR) is 202 cm³/mol. The quantitative estimate of drug-likeness (QED) is 0.0551. The van der Waals surface area contributed by atoms with Gasteiger partial charge in [0.2, 0.25) is 5.75 Å². The maximum absolute atomic E-state index is 6.56. The molecule has 0 aliphatic carbocycles. The second-order valence-corrected chi connectivity index (χ2v) is 14.3. The summed E-state index contributed by atoms with van der Waals surface area (Å²) in [6.07, 6.45) is 31.3. The number of hydrogen-bond donors (Lipinski definition) is 0. The van der Waals surface area contributed by atoms with E-state index in [4.69, 9.17) is 14.2 Å². The van der Waals surface area contributed by atoms with Crippen LogP contribution in [0.1, 0.15) is 194 Å². The first-order chi connectivity index (χ1) is 22.5. The number of rotatable bonds is 34. The Labute approximate surface area is 288 Å². The molecule has 0 amide bonds. The molecule has 0 unspecified atom stereocenters. The van der Waals surface area contributed by atoms with Crippen molar-refractivity contribution in [2.75, 3.05) is 40.0 Å². The van der Waals surface area contributed by atoms with Crippen molar-refractivity contribution >= 4 is 0 Å². The van der Waals surface area contributed by atoms with Crippen LogP contribution in [0.3, 0.4) is 0 Å². The van der Waals surface area contributed by atoms with Crippen LogP contribution in [0.5, 0.6) is 17.2 Å². The van der Waals surface area contributed by atoms with E-state index in [1.54, 1.807) is 0 Å². The summed E-state index contributed by atoms with van der Waals surface area (Å²) in [5.41, 5.74) is 1.29. The Morgan fingerprint density at radius 2 is 0.717 bits per heavy atom. The average Bonchev–Trinajstić information content (AvgIpc) is 3.06. The van der Waals surface area contributed by atoms with Gasteiger partial charge in [-0.25, -0.2) is 0 Å². The molecule has 0 radical (unpaired) electrons. The van der Waals surface area contributed by atoms with E-state index in [-0.39, 0.29) is 0 Å². The second-order valence-electron chi connectivity index (χ2n) is 14.3. The molecule has 0 aromatic heterocycles. The minimum atomic E-state index is 0.730. The van der Waals surface area contributed by atoms with Gasteiger partial charge in [-0.05, 0) is 45.2 Å². The number of ether oxygens (including phenoxy) is 3. The molecular weight excluding hydrogens is 566 g/mol. The number of unbranched alkanes of at least 4 members (excludes halogenated alkanes) is 21. The van der Waals surface area contributed by atoms with Crippen molar-refractivity contribution < 1.29 is 18.7 Å². The molecule has 46 heavy (non-hydrogen) atoms. The van der Waals surface area contributed by atoms with Crippen LogP contribution < -0.4 is 14.2 Å². The lowest BCUT2D eigenvalue weighted by Crippen LogP contribution is -2.42. The maximum Gasteiger partial charge on any atom is 0.203 e. The maximum atomic E-state index is 6.56. The van der Waals surface area contributed by atoms with Crippen LogP contribution in [0, 0.1) is 0 Å². The van der Waals surface area contributed by atoms with Crippen molar-refractivity contribution in [2.45, 2.75) is 195 Å². The van der Waals surface area contributed by atoms with Gasteiger partial charge in [0.25, 0.3) is 0 Å².